The summed E-state index contributed by atoms with van der Waals surface area (Å²) in [4.78, 5) is 20.4. The fraction of sp³-hybridized carbons (Fsp3) is 0.300. The number of hydrogen-bond acceptors (Lipinski definition) is 6. The number of esters is 1. The van der Waals surface area contributed by atoms with Gasteiger partial charge in [-0.3, -0.25) is 4.98 Å². The summed E-state index contributed by atoms with van der Waals surface area (Å²) in [5, 5.41) is 0. The summed E-state index contributed by atoms with van der Waals surface area (Å²) in [5.41, 5.74) is 4.58. The van der Waals surface area contributed by atoms with Gasteiger partial charge in [-0.2, -0.15) is 0 Å². The van der Waals surface area contributed by atoms with Gasteiger partial charge in [-0.15, -0.1) is 0 Å². The molecule has 182 valence electrons. The molecule has 0 radical (unpaired) electrons. The van der Waals surface area contributed by atoms with Crippen LogP contribution in [0.5, 0.6) is 5.75 Å². The number of oxazole rings is 1. The monoisotopic (exact) mass is 480 g/mol. The van der Waals surface area contributed by atoms with E-state index in [0.29, 0.717) is 18.4 Å². The van der Waals surface area contributed by atoms with Crippen LogP contribution in [0.1, 0.15) is 53.0 Å². The lowest BCUT2D eigenvalue weighted by atomic mass is 9.64. The van der Waals surface area contributed by atoms with Crippen molar-refractivity contribution in [2.24, 2.45) is 11.8 Å². The predicted molar refractivity (Wildman–Crippen MR) is 135 cm³/mol. The minimum Gasteiger partial charge on any atom is -0.487 e. The first-order valence-electron chi connectivity index (χ1n) is 12.4. The van der Waals surface area contributed by atoms with Crippen LogP contribution in [0.25, 0.3) is 11.5 Å². The molecule has 6 heteroatoms. The van der Waals surface area contributed by atoms with Crippen molar-refractivity contribution < 1.29 is 18.7 Å². The van der Waals surface area contributed by atoms with E-state index in [9.17, 15) is 4.79 Å². The molecule has 0 aliphatic heterocycles. The van der Waals surface area contributed by atoms with E-state index in [1.54, 1.807) is 6.20 Å². The Hall–Kier alpha value is -3.93. The molecule has 4 aromatic rings. The smallest absolute Gasteiger partial charge is 0.360 e. The molecule has 2 aromatic heterocycles. The SMILES string of the molecule is COC(=O)c1coc(-c2ccc([C@]3(c4ccc(OCc5ccccn5)cc4)CC4CCC3C4)cc2)n1. The van der Waals surface area contributed by atoms with E-state index in [2.05, 4.69) is 46.4 Å². The molecule has 3 atom stereocenters. The van der Waals surface area contributed by atoms with E-state index in [0.717, 1.165) is 29.3 Å². The summed E-state index contributed by atoms with van der Waals surface area (Å²) in [7, 11) is 1.33. The van der Waals surface area contributed by atoms with Crippen LogP contribution >= 0.6 is 0 Å². The zero-order valence-electron chi connectivity index (χ0n) is 20.2. The molecular weight excluding hydrogens is 452 g/mol. The van der Waals surface area contributed by atoms with Crippen molar-refractivity contribution in [3.63, 3.8) is 0 Å². The summed E-state index contributed by atoms with van der Waals surface area (Å²) >= 11 is 0. The van der Waals surface area contributed by atoms with Gasteiger partial charge in [0.05, 0.1) is 12.8 Å². The minimum atomic E-state index is -0.505. The van der Waals surface area contributed by atoms with E-state index in [1.165, 1.54) is 43.8 Å². The second-order valence-corrected chi connectivity index (χ2v) is 9.79. The van der Waals surface area contributed by atoms with Crippen LogP contribution in [0.3, 0.4) is 0 Å². The van der Waals surface area contributed by atoms with Crippen LogP contribution in [0, 0.1) is 11.8 Å². The van der Waals surface area contributed by atoms with Crippen molar-refractivity contribution >= 4 is 5.97 Å². The largest absolute Gasteiger partial charge is 0.487 e. The Morgan fingerprint density at radius 3 is 2.44 bits per heavy atom. The molecule has 2 fully saturated rings. The number of aromatic nitrogens is 2. The van der Waals surface area contributed by atoms with Crippen molar-refractivity contribution in [2.45, 2.75) is 37.7 Å². The highest BCUT2D eigenvalue weighted by Crippen LogP contribution is 2.60. The number of fused-ring (bicyclic) bond motifs is 2. The Labute approximate surface area is 210 Å². The lowest BCUT2D eigenvalue weighted by Crippen LogP contribution is -2.34. The number of hydrogen-bond donors (Lipinski definition) is 0. The molecule has 2 aliphatic rings. The summed E-state index contributed by atoms with van der Waals surface area (Å²) < 4.78 is 16.3. The van der Waals surface area contributed by atoms with E-state index >= 15 is 0 Å². The van der Waals surface area contributed by atoms with Crippen molar-refractivity contribution in [2.75, 3.05) is 7.11 Å². The Bertz CT molecular complexity index is 1350. The van der Waals surface area contributed by atoms with E-state index < -0.39 is 5.97 Å². The molecule has 2 aromatic carbocycles. The number of carbonyl (C=O) groups is 1. The Kier molecular flexibility index (Phi) is 5.80. The number of pyridine rings is 1. The van der Waals surface area contributed by atoms with Gasteiger partial charge in [-0.05, 0) is 78.6 Å². The Morgan fingerprint density at radius 2 is 1.81 bits per heavy atom. The van der Waals surface area contributed by atoms with Gasteiger partial charge in [-0.25, -0.2) is 9.78 Å². The Balaban J connectivity index is 1.27. The van der Waals surface area contributed by atoms with Gasteiger partial charge in [0.15, 0.2) is 5.69 Å². The highest BCUT2D eigenvalue weighted by molar-refractivity contribution is 5.87. The number of methoxy groups -OCH3 is 1. The highest BCUT2D eigenvalue weighted by Gasteiger charge is 2.52. The lowest BCUT2D eigenvalue weighted by Gasteiger charge is -2.39. The maximum absolute atomic E-state index is 11.7. The topological polar surface area (TPSA) is 74.5 Å². The Morgan fingerprint density at radius 1 is 1.03 bits per heavy atom. The number of carbonyl (C=O) groups excluding carboxylic acids is 1. The lowest BCUT2D eigenvalue weighted by molar-refractivity contribution is 0.0594. The standard InChI is InChI=1S/C30H28N2O4/c1-34-29(33)27-19-36-28(32-27)21-6-9-22(10-7-21)30(17-20-5-8-24(30)16-20)23-11-13-26(14-12-23)35-18-25-4-2-3-15-31-25/h2-4,6-7,9-15,19-20,24H,5,8,16-18H2,1H3/t20?,24?,30-/m0/s1. The van der Waals surface area contributed by atoms with Crippen LogP contribution in [0.2, 0.25) is 0 Å². The van der Waals surface area contributed by atoms with Crippen LogP contribution < -0.4 is 4.74 Å². The molecule has 0 saturated heterocycles. The summed E-state index contributed by atoms with van der Waals surface area (Å²) in [6, 6.07) is 23.0. The van der Waals surface area contributed by atoms with Gasteiger partial charge in [0.25, 0.3) is 0 Å². The summed E-state index contributed by atoms with van der Waals surface area (Å²) in [6.07, 6.45) is 8.14. The highest BCUT2D eigenvalue weighted by atomic mass is 16.5. The normalized spacial score (nSPS) is 22.5. The van der Waals surface area contributed by atoms with E-state index in [4.69, 9.17) is 13.9 Å². The molecule has 6 rings (SSSR count). The molecule has 2 bridgehead atoms. The number of benzene rings is 2. The third-order valence-corrected chi connectivity index (χ3v) is 7.88. The maximum atomic E-state index is 11.7. The second kappa shape index (κ2) is 9.26. The number of rotatable bonds is 7. The fourth-order valence-electron chi connectivity index (χ4n) is 6.21. The molecule has 2 saturated carbocycles. The minimum absolute atomic E-state index is 0.00523. The van der Waals surface area contributed by atoms with E-state index in [1.807, 2.05) is 30.3 Å². The second-order valence-electron chi connectivity index (χ2n) is 9.79. The number of nitrogens with zero attached hydrogens (tertiary/aromatic N) is 2. The first kappa shape index (κ1) is 22.5. The van der Waals surface area contributed by atoms with Gasteiger partial charge in [0, 0.05) is 17.2 Å². The molecule has 2 unspecified atom stereocenters. The maximum Gasteiger partial charge on any atom is 0.360 e. The van der Waals surface area contributed by atoms with Crippen LogP contribution in [0.4, 0.5) is 0 Å². The molecular formula is C30H28N2O4. The zero-order valence-corrected chi connectivity index (χ0v) is 20.2. The molecule has 0 N–H and O–H groups in total. The van der Waals surface area contributed by atoms with Crippen molar-refractivity contribution in [3.05, 3.63) is 102 Å². The van der Waals surface area contributed by atoms with Crippen LogP contribution in [-0.4, -0.2) is 23.0 Å². The number of ether oxygens (including phenoxy) is 2. The summed E-state index contributed by atoms with van der Waals surface area (Å²) in [6.45, 7) is 0.454. The first-order valence-corrected chi connectivity index (χ1v) is 12.4. The first-order chi connectivity index (χ1) is 17.7. The van der Waals surface area contributed by atoms with Crippen LogP contribution in [-0.2, 0) is 16.8 Å². The molecule has 2 aliphatic carbocycles. The van der Waals surface area contributed by atoms with Gasteiger partial charge >= 0.3 is 5.97 Å². The molecule has 6 nitrogen and oxygen atoms in total. The average Bonchev–Trinajstić information content (AvgIpc) is 3.70. The predicted octanol–water partition coefficient (Wildman–Crippen LogP) is 6.21. The van der Waals surface area contributed by atoms with Crippen molar-refractivity contribution in [1.82, 2.24) is 9.97 Å². The quantitative estimate of drug-likeness (QED) is 0.293. The summed E-state index contributed by atoms with van der Waals surface area (Å²) in [5.74, 6) is 2.15. The van der Waals surface area contributed by atoms with Crippen LogP contribution in [0.15, 0.2) is 83.6 Å². The van der Waals surface area contributed by atoms with Gasteiger partial charge in [-0.1, -0.05) is 36.8 Å². The third-order valence-electron chi connectivity index (χ3n) is 7.88. The van der Waals surface area contributed by atoms with Crippen molar-refractivity contribution in [1.29, 1.82) is 0 Å². The van der Waals surface area contributed by atoms with Gasteiger partial charge in [0.1, 0.15) is 18.6 Å². The zero-order chi connectivity index (χ0) is 24.5. The van der Waals surface area contributed by atoms with E-state index in [-0.39, 0.29) is 11.1 Å². The third kappa shape index (κ3) is 3.96. The average molecular weight is 481 g/mol. The van der Waals surface area contributed by atoms with Crippen molar-refractivity contribution in [3.8, 4) is 17.2 Å². The van der Waals surface area contributed by atoms with Gasteiger partial charge < -0.3 is 13.9 Å². The fourth-order valence-corrected chi connectivity index (χ4v) is 6.21. The molecule has 36 heavy (non-hydrogen) atoms. The molecule has 0 amide bonds. The molecule has 0 spiro atoms. The van der Waals surface area contributed by atoms with Gasteiger partial charge in [0.2, 0.25) is 5.89 Å². The molecule has 2 heterocycles.